The first kappa shape index (κ1) is 4.57. The molecule has 0 radical (unpaired) electrons. The molecule has 38 valence electrons. The molecule has 0 amide bonds. The quantitative estimate of drug-likeness (QED) is 0.343. The second-order valence-electron chi connectivity index (χ2n) is 1.88. The molecule has 1 saturated carbocycles. The second kappa shape index (κ2) is 1.49. The average molecular weight is 95.1 g/mol. The van der Waals surface area contributed by atoms with Gasteiger partial charge in [-0.2, -0.15) is 0 Å². The van der Waals surface area contributed by atoms with Crippen LogP contribution in [0, 0.1) is 5.92 Å². The highest BCUT2D eigenvalue weighted by Gasteiger charge is 2.24. The Balaban J connectivity index is 2.34. The minimum absolute atomic E-state index is 0.630. The van der Waals surface area contributed by atoms with Crippen LogP contribution in [0.5, 0.6) is 0 Å². The molecule has 0 aliphatic heterocycles. The summed E-state index contributed by atoms with van der Waals surface area (Å²) in [6.07, 6.45) is 3.11. The first-order chi connectivity index (χ1) is 3.34. The van der Waals surface area contributed by atoms with E-state index in [9.17, 15) is 0 Å². The van der Waals surface area contributed by atoms with E-state index in [1.54, 1.807) is 7.05 Å². The van der Waals surface area contributed by atoms with E-state index in [-0.39, 0.29) is 0 Å². The first-order valence-electron chi connectivity index (χ1n) is 2.44. The Hall–Kier alpha value is -0.590. The molecule has 1 atom stereocenters. The third kappa shape index (κ3) is 0.889. The van der Waals surface area contributed by atoms with Crippen molar-refractivity contribution in [1.82, 2.24) is 0 Å². The largest absolute Gasteiger partial charge is 0.300 e. The number of nitrogens with zero attached hydrogens (tertiary/aromatic N) is 1. The van der Waals surface area contributed by atoms with Crippen LogP contribution in [0.1, 0.15) is 6.42 Å². The first-order valence-corrected chi connectivity index (χ1v) is 2.44. The minimum atomic E-state index is 0.630. The monoisotopic (exact) mass is 95.1 g/mol. The Morgan fingerprint density at radius 1 is 2.00 bits per heavy atom. The number of aliphatic imine (C=N–C) groups is 1. The summed E-state index contributed by atoms with van der Waals surface area (Å²) < 4.78 is 0. The van der Waals surface area contributed by atoms with Gasteiger partial charge in [-0.25, -0.2) is 0 Å². The molecule has 1 fully saturated rings. The summed E-state index contributed by atoms with van der Waals surface area (Å²) in [4.78, 5) is 3.86. The lowest BCUT2D eigenvalue weighted by atomic mass is 10.4. The van der Waals surface area contributed by atoms with Crippen molar-refractivity contribution in [2.45, 2.75) is 6.42 Å². The summed E-state index contributed by atoms with van der Waals surface area (Å²) >= 11 is 0. The summed E-state index contributed by atoms with van der Waals surface area (Å²) in [5.41, 5.74) is 1.32. The molecule has 1 unspecified atom stereocenters. The van der Waals surface area contributed by atoms with E-state index in [0.717, 1.165) is 6.42 Å². The fourth-order valence-corrected chi connectivity index (χ4v) is 0.562. The standard InChI is InChI=1S/C6H9N/c1-5-3-6(5)4-7-2/h4,6H,1,3H2,2H3. The van der Waals surface area contributed by atoms with Crippen LogP contribution in [0.3, 0.4) is 0 Å². The van der Waals surface area contributed by atoms with Crippen molar-refractivity contribution in [1.29, 1.82) is 0 Å². The fourth-order valence-electron chi connectivity index (χ4n) is 0.562. The van der Waals surface area contributed by atoms with Gasteiger partial charge in [-0.15, -0.1) is 0 Å². The van der Waals surface area contributed by atoms with Crippen molar-refractivity contribution in [2.24, 2.45) is 10.9 Å². The summed E-state index contributed by atoms with van der Waals surface area (Å²) in [7, 11) is 1.80. The van der Waals surface area contributed by atoms with Crippen molar-refractivity contribution in [3.05, 3.63) is 12.2 Å². The van der Waals surface area contributed by atoms with Crippen LogP contribution in [-0.4, -0.2) is 13.3 Å². The third-order valence-corrected chi connectivity index (χ3v) is 1.18. The summed E-state index contributed by atoms with van der Waals surface area (Å²) in [5, 5.41) is 0. The maximum absolute atomic E-state index is 3.86. The average Bonchev–Trinajstić information content (AvgIpc) is 2.22. The number of rotatable bonds is 1. The van der Waals surface area contributed by atoms with Crippen LogP contribution in [-0.2, 0) is 0 Å². The van der Waals surface area contributed by atoms with Gasteiger partial charge in [0.15, 0.2) is 0 Å². The van der Waals surface area contributed by atoms with Gasteiger partial charge in [0.2, 0.25) is 0 Å². The molecule has 0 saturated heterocycles. The van der Waals surface area contributed by atoms with Crippen LogP contribution in [0.2, 0.25) is 0 Å². The van der Waals surface area contributed by atoms with Gasteiger partial charge in [-0.05, 0) is 6.42 Å². The lowest BCUT2D eigenvalue weighted by molar-refractivity contribution is 1.25. The van der Waals surface area contributed by atoms with E-state index in [1.807, 2.05) is 6.21 Å². The Morgan fingerprint density at radius 2 is 2.57 bits per heavy atom. The smallest absolute Gasteiger partial charge is 0.0273 e. The van der Waals surface area contributed by atoms with Gasteiger partial charge < -0.3 is 4.99 Å². The van der Waals surface area contributed by atoms with E-state index in [0.29, 0.717) is 5.92 Å². The van der Waals surface area contributed by atoms with Crippen LogP contribution in [0.25, 0.3) is 0 Å². The Labute approximate surface area is 43.8 Å². The molecule has 0 aromatic carbocycles. The van der Waals surface area contributed by atoms with Crippen molar-refractivity contribution in [2.75, 3.05) is 7.05 Å². The lowest BCUT2D eigenvalue weighted by Gasteiger charge is -1.70. The highest BCUT2D eigenvalue weighted by molar-refractivity contribution is 5.70. The van der Waals surface area contributed by atoms with E-state index in [4.69, 9.17) is 0 Å². The van der Waals surface area contributed by atoms with Crippen LogP contribution in [0.4, 0.5) is 0 Å². The van der Waals surface area contributed by atoms with Crippen molar-refractivity contribution in [3.63, 3.8) is 0 Å². The van der Waals surface area contributed by atoms with Crippen LogP contribution < -0.4 is 0 Å². The molecule has 1 aliphatic rings. The highest BCUT2D eigenvalue weighted by Crippen LogP contribution is 2.33. The zero-order valence-corrected chi connectivity index (χ0v) is 4.52. The highest BCUT2D eigenvalue weighted by atomic mass is 14.7. The van der Waals surface area contributed by atoms with E-state index < -0.39 is 0 Å². The molecule has 0 bridgehead atoms. The van der Waals surface area contributed by atoms with Gasteiger partial charge >= 0.3 is 0 Å². The van der Waals surface area contributed by atoms with E-state index >= 15 is 0 Å². The maximum Gasteiger partial charge on any atom is 0.0273 e. The molecule has 1 nitrogen and oxygen atoms in total. The Morgan fingerprint density at radius 3 is 2.71 bits per heavy atom. The lowest BCUT2D eigenvalue weighted by Crippen LogP contribution is -1.71. The summed E-state index contributed by atoms with van der Waals surface area (Å²) in [5.74, 6) is 0.630. The van der Waals surface area contributed by atoms with Gasteiger partial charge in [0.05, 0.1) is 0 Å². The molecule has 0 heterocycles. The summed E-state index contributed by atoms with van der Waals surface area (Å²) in [6.45, 7) is 3.78. The summed E-state index contributed by atoms with van der Waals surface area (Å²) in [6, 6.07) is 0. The Bertz CT molecular complexity index is 113. The second-order valence-corrected chi connectivity index (χ2v) is 1.88. The SMILES string of the molecule is C=C1CC1C=NC. The molecule has 1 heteroatoms. The van der Waals surface area contributed by atoms with Gasteiger partial charge in [0.25, 0.3) is 0 Å². The number of allylic oxidation sites excluding steroid dienone is 1. The molecule has 0 aromatic rings. The maximum atomic E-state index is 3.86. The van der Waals surface area contributed by atoms with Gasteiger partial charge in [0, 0.05) is 19.2 Å². The van der Waals surface area contributed by atoms with Gasteiger partial charge in [-0.1, -0.05) is 12.2 Å². The normalized spacial score (nSPS) is 29.3. The van der Waals surface area contributed by atoms with Crippen molar-refractivity contribution >= 4 is 6.21 Å². The van der Waals surface area contributed by atoms with Crippen molar-refractivity contribution < 1.29 is 0 Å². The predicted octanol–water partition coefficient (Wildman–Crippen LogP) is 1.26. The fraction of sp³-hybridized carbons (Fsp3) is 0.500. The molecule has 1 aliphatic carbocycles. The topological polar surface area (TPSA) is 12.4 Å². The predicted molar refractivity (Wildman–Crippen MR) is 31.7 cm³/mol. The zero-order valence-electron chi connectivity index (χ0n) is 4.52. The molecule has 0 aromatic heterocycles. The molecule has 0 spiro atoms. The van der Waals surface area contributed by atoms with Gasteiger partial charge in [-0.3, -0.25) is 0 Å². The Kier molecular flexibility index (Phi) is 0.970. The van der Waals surface area contributed by atoms with Crippen LogP contribution in [0.15, 0.2) is 17.1 Å². The molecule has 0 N–H and O–H groups in total. The zero-order chi connectivity index (χ0) is 5.28. The van der Waals surface area contributed by atoms with Crippen LogP contribution >= 0.6 is 0 Å². The number of hydrogen-bond acceptors (Lipinski definition) is 1. The van der Waals surface area contributed by atoms with E-state index in [1.165, 1.54) is 5.57 Å². The molecular formula is C6H9N. The van der Waals surface area contributed by atoms with E-state index in [2.05, 4.69) is 11.6 Å². The van der Waals surface area contributed by atoms with Crippen molar-refractivity contribution in [3.8, 4) is 0 Å². The molecule has 7 heavy (non-hydrogen) atoms. The molecular weight excluding hydrogens is 86.1 g/mol. The minimum Gasteiger partial charge on any atom is -0.300 e. The third-order valence-electron chi connectivity index (χ3n) is 1.18. The molecule has 1 rings (SSSR count). The van der Waals surface area contributed by atoms with Gasteiger partial charge in [0.1, 0.15) is 0 Å². The number of hydrogen-bond donors (Lipinski definition) is 0.